The van der Waals surface area contributed by atoms with Crippen molar-refractivity contribution in [3.63, 3.8) is 0 Å². The molecule has 0 fully saturated rings. The van der Waals surface area contributed by atoms with Crippen LogP contribution in [0.3, 0.4) is 0 Å². The number of thiazole rings is 1. The van der Waals surface area contributed by atoms with Crippen LogP contribution in [-0.2, 0) is 10.0 Å². The first-order valence-electron chi connectivity index (χ1n) is 10.9. The van der Waals surface area contributed by atoms with E-state index in [1.54, 1.807) is 17.5 Å². The molecule has 188 valence electrons. The van der Waals surface area contributed by atoms with Gasteiger partial charge < -0.3 is 4.74 Å². The molecule has 0 bridgehead atoms. The highest BCUT2D eigenvalue weighted by atomic mass is 35.5. The van der Waals surface area contributed by atoms with Crippen molar-refractivity contribution in [2.45, 2.75) is 4.90 Å². The smallest absolute Gasteiger partial charge is 0.263 e. The molecule has 0 saturated heterocycles. The van der Waals surface area contributed by atoms with E-state index < -0.39 is 10.0 Å². The van der Waals surface area contributed by atoms with E-state index in [9.17, 15) is 13.7 Å². The van der Waals surface area contributed by atoms with Crippen molar-refractivity contribution >= 4 is 49.7 Å². The van der Waals surface area contributed by atoms with Crippen LogP contribution in [0.15, 0.2) is 89.5 Å². The number of nitrogens with one attached hydrogen (secondary N) is 1. The number of benzene rings is 2. The molecule has 0 aliphatic rings. The minimum absolute atomic E-state index is 0.00366. The van der Waals surface area contributed by atoms with Crippen LogP contribution in [0, 0.1) is 11.3 Å². The highest BCUT2D eigenvalue weighted by molar-refractivity contribution is 7.93. The first-order chi connectivity index (χ1) is 18.4. The third-order valence-electron chi connectivity index (χ3n) is 5.33. The summed E-state index contributed by atoms with van der Waals surface area (Å²) in [5, 5.41) is 12.0. The van der Waals surface area contributed by atoms with E-state index in [2.05, 4.69) is 19.7 Å². The summed E-state index contributed by atoms with van der Waals surface area (Å²) in [7, 11) is -3.96. The Bertz CT molecular complexity index is 1780. The predicted octanol–water partition coefficient (Wildman–Crippen LogP) is 7.04. The highest BCUT2D eigenvalue weighted by Crippen LogP contribution is 2.41. The Labute approximate surface area is 232 Å². The Morgan fingerprint density at radius 3 is 2.47 bits per heavy atom. The Hall–Kier alpha value is -4.01. The van der Waals surface area contributed by atoms with Crippen LogP contribution in [0.2, 0.25) is 10.2 Å². The molecule has 5 aromatic rings. The van der Waals surface area contributed by atoms with Gasteiger partial charge in [-0.05, 0) is 30.3 Å². The standard InChI is InChI=1S/C26H15Cl2N5O3S2/c27-24-19(8-9-30-25(24)28)20-13-21(16-4-2-1-3-5-16)32-15-23(20)36-22-7-6-18(12-17(22)14-29)38(34,35)33-26-31-10-11-37-26/h1-13,15H,(H,31,33). The van der Waals surface area contributed by atoms with E-state index in [0.29, 0.717) is 16.8 Å². The number of aromatic nitrogens is 3. The molecule has 12 heteroatoms. The zero-order chi connectivity index (χ0) is 26.7. The molecule has 0 radical (unpaired) electrons. The fraction of sp³-hybridized carbons (Fsp3) is 0. The molecular formula is C26H15Cl2N5O3S2. The van der Waals surface area contributed by atoms with Crippen LogP contribution < -0.4 is 9.46 Å². The number of halogens is 2. The molecule has 0 unspecified atom stereocenters. The zero-order valence-corrected chi connectivity index (χ0v) is 22.3. The average Bonchev–Trinajstić information content (AvgIpc) is 3.43. The lowest BCUT2D eigenvalue weighted by Crippen LogP contribution is -2.13. The van der Waals surface area contributed by atoms with E-state index in [-0.39, 0.29) is 37.3 Å². The summed E-state index contributed by atoms with van der Waals surface area (Å²) < 4.78 is 34.1. The Balaban J connectivity index is 1.56. The van der Waals surface area contributed by atoms with Crippen molar-refractivity contribution < 1.29 is 13.2 Å². The fourth-order valence-corrected chi connectivity index (χ4v) is 5.73. The molecule has 0 aliphatic carbocycles. The van der Waals surface area contributed by atoms with Crippen LogP contribution in [0.4, 0.5) is 5.13 Å². The molecule has 5 rings (SSSR count). The van der Waals surface area contributed by atoms with Crippen molar-refractivity contribution in [1.29, 1.82) is 5.26 Å². The first kappa shape index (κ1) is 25.6. The molecule has 38 heavy (non-hydrogen) atoms. The SMILES string of the molecule is N#Cc1cc(S(=O)(=O)Nc2nccs2)ccc1Oc1cnc(-c2ccccc2)cc1-c1ccnc(Cl)c1Cl. The number of nitrogens with zero attached hydrogens (tertiary/aromatic N) is 4. The van der Waals surface area contributed by atoms with Gasteiger partial charge in [0.05, 0.1) is 27.4 Å². The second-order valence-corrected chi connectivity index (χ2v) is 11.0. The van der Waals surface area contributed by atoms with Crippen LogP contribution in [0.5, 0.6) is 11.5 Å². The van der Waals surface area contributed by atoms with Gasteiger partial charge in [0, 0.05) is 34.5 Å². The molecule has 0 saturated carbocycles. The predicted molar refractivity (Wildman–Crippen MR) is 147 cm³/mol. The van der Waals surface area contributed by atoms with Crippen LogP contribution >= 0.6 is 34.5 Å². The average molecular weight is 580 g/mol. The van der Waals surface area contributed by atoms with Crippen molar-refractivity contribution in [2.75, 3.05) is 4.72 Å². The zero-order valence-electron chi connectivity index (χ0n) is 19.2. The molecule has 3 aromatic heterocycles. The number of nitriles is 1. The Morgan fingerprint density at radius 1 is 0.921 bits per heavy atom. The first-order valence-corrected chi connectivity index (χ1v) is 14.0. The van der Waals surface area contributed by atoms with Gasteiger partial charge >= 0.3 is 0 Å². The molecule has 8 nitrogen and oxygen atoms in total. The van der Waals surface area contributed by atoms with E-state index in [1.165, 1.54) is 36.8 Å². The lowest BCUT2D eigenvalue weighted by molar-refractivity contribution is 0.480. The Morgan fingerprint density at radius 2 is 1.74 bits per heavy atom. The normalized spacial score (nSPS) is 11.1. The van der Waals surface area contributed by atoms with Crippen LogP contribution in [0.25, 0.3) is 22.4 Å². The molecule has 0 aliphatic heterocycles. The van der Waals surface area contributed by atoms with Gasteiger partial charge in [0.2, 0.25) is 0 Å². The van der Waals surface area contributed by atoms with E-state index in [4.69, 9.17) is 27.9 Å². The maximum Gasteiger partial charge on any atom is 0.263 e. The Kier molecular flexibility index (Phi) is 7.26. The van der Waals surface area contributed by atoms with Gasteiger partial charge in [0.15, 0.2) is 10.9 Å². The number of hydrogen-bond donors (Lipinski definition) is 1. The molecule has 0 amide bonds. The maximum atomic E-state index is 12.8. The topological polar surface area (TPSA) is 118 Å². The summed E-state index contributed by atoms with van der Waals surface area (Å²) in [6, 6.07) is 19.0. The van der Waals surface area contributed by atoms with Gasteiger partial charge in [0.1, 0.15) is 17.0 Å². The minimum atomic E-state index is -3.96. The third-order valence-corrected chi connectivity index (χ3v) is 8.25. The van der Waals surface area contributed by atoms with Gasteiger partial charge in [-0.3, -0.25) is 9.71 Å². The van der Waals surface area contributed by atoms with Crippen molar-refractivity contribution in [3.8, 4) is 40.0 Å². The monoisotopic (exact) mass is 579 g/mol. The molecule has 3 heterocycles. The molecule has 1 N–H and O–H groups in total. The summed E-state index contributed by atoms with van der Waals surface area (Å²) in [5.41, 5.74) is 2.64. The van der Waals surface area contributed by atoms with Crippen LogP contribution in [-0.4, -0.2) is 23.4 Å². The number of hydrogen-bond acceptors (Lipinski definition) is 8. The largest absolute Gasteiger partial charge is 0.454 e. The van der Waals surface area contributed by atoms with E-state index in [0.717, 1.165) is 16.9 Å². The fourth-order valence-electron chi connectivity index (χ4n) is 3.55. The third kappa shape index (κ3) is 5.32. The van der Waals surface area contributed by atoms with E-state index in [1.807, 2.05) is 36.4 Å². The summed E-state index contributed by atoms with van der Waals surface area (Å²) in [4.78, 5) is 12.4. The summed E-state index contributed by atoms with van der Waals surface area (Å²) in [6.07, 6.45) is 4.51. The number of rotatable bonds is 7. The molecule has 2 aromatic carbocycles. The number of sulfonamides is 1. The highest BCUT2D eigenvalue weighted by Gasteiger charge is 2.20. The van der Waals surface area contributed by atoms with Crippen molar-refractivity contribution in [1.82, 2.24) is 15.0 Å². The quantitative estimate of drug-likeness (QED) is 0.205. The van der Waals surface area contributed by atoms with Gasteiger partial charge in [-0.25, -0.2) is 18.4 Å². The lowest BCUT2D eigenvalue weighted by atomic mass is 10.0. The molecule has 0 atom stereocenters. The maximum absolute atomic E-state index is 12.8. The van der Waals surface area contributed by atoms with Gasteiger partial charge in [-0.15, -0.1) is 11.3 Å². The van der Waals surface area contributed by atoms with Gasteiger partial charge in [-0.2, -0.15) is 5.26 Å². The number of pyridine rings is 2. The summed E-state index contributed by atoms with van der Waals surface area (Å²) >= 11 is 13.8. The van der Waals surface area contributed by atoms with Gasteiger partial charge in [0.25, 0.3) is 10.0 Å². The number of anilines is 1. The van der Waals surface area contributed by atoms with Crippen molar-refractivity contribution in [2.24, 2.45) is 0 Å². The number of ether oxygens (including phenoxy) is 1. The van der Waals surface area contributed by atoms with Crippen LogP contribution in [0.1, 0.15) is 5.56 Å². The summed E-state index contributed by atoms with van der Waals surface area (Å²) in [5.74, 6) is 0.411. The van der Waals surface area contributed by atoms with Gasteiger partial charge in [-0.1, -0.05) is 53.5 Å². The second kappa shape index (κ2) is 10.8. The molecule has 0 spiro atoms. The minimum Gasteiger partial charge on any atom is -0.454 e. The molecular weight excluding hydrogens is 565 g/mol. The second-order valence-electron chi connectivity index (χ2n) is 7.71. The van der Waals surface area contributed by atoms with Crippen molar-refractivity contribution in [3.05, 3.63) is 100 Å². The lowest BCUT2D eigenvalue weighted by Gasteiger charge is -2.15. The van der Waals surface area contributed by atoms with E-state index >= 15 is 0 Å². The summed E-state index contributed by atoms with van der Waals surface area (Å²) in [6.45, 7) is 0.